The van der Waals surface area contributed by atoms with Crippen LogP contribution in [0.1, 0.15) is 54.4 Å². The van der Waals surface area contributed by atoms with Crippen molar-refractivity contribution in [2.45, 2.75) is 59.9 Å². The van der Waals surface area contributed by atoms with Crippen LogP contribution in [0, 0.1) is 11.3 Å². The van der Waals surface area contributed by atoms with Crippen LogP contribution in [-0.2, 0) is 14.4 Å². The van der Waals surface area contributed by atoms with Crippen molar-refractivity contribution in [1.29, 1.82) is 0 Å². The Morgan fingerprint density at radius 3 is 2.13 bits per heavy atom. The van der Waals surface area contributed by atoms with Gasteiger partial charge in [-0.25, -0.2) is 0 Å². The van der Waals surface area contributed by atoms with Crippen LogP contribution >= 0.6 is 0 Å². The molecule has 1 aliphatic heterocycles. The predicted molar refractivity (Wildman–Crippen MR) is 89.7 cm³/mol. The van der Waals surface area contributed by atoms with Gasteiger partial charge in [-0.15, -0.1) is 0 Å². The van der Waals surface area contributed by atoms with Gasteiger partial charge >= 0.3 is 0 Å². The third-order valence-corrected chi connectivity index (χ3v) is 3.74. The minimum Gasteiger partial charge on any atom is -0.354 e. The molecule has 0 bridgehead atoms. The summed E-state index contributed by atoms with van der Waals surface area (Å²) in [6, 6.07) is 0. The molecular weight excluding hydrogens is 294 g/mol. The van der Waals surface area contributed by atoms with E-state index < -0.39 is 0 Å². The van der Waals surface area contributed by atoms with Gasteiger partial charge in [-0.3, -0.25) is 14.4 Å². The number of carbonyl (C=O) groups is 3. The summed E-state index contributed by atoms with van der Waals surface area (Å²) < 4.78 is 0. The minimum absolute atomic E-state index is 0.0123. The van der Waals surface area contributed by atoms with Crippen molar-refractivity contribution in [2.24, 2.45) is 11.3 Å². The van der Waals surface area contributed by atoms with E-state index in [0.29, 0.717) is 26.1 Å². The van der Waals surface area contributed by atoms with Gasteiger partial charge in [0.25, 0.3) is 0 Å². The van der Waals surface area contributed by atoms with Crippen LogP contribution in [0.4, 0.5) is 0 Å². The predicted octanol–water partition coefficient (Wildman–Crippen LogP) is 1.30. The summed E-state index contributed by atoms with van der Waals surface area (Å²) in [5.74, 6) is -0.403. The first-order valence-corrected chi connectivity index (χ1v) is 8.25. The largest absolute Gasteiger partial charge is 0.354 e. The number of amides is 3. The summed E-state index contributed by atoms with van der Waals surface area (Å²) in [4.78, 5) is 37.5. The highest BCUT2D eigenvalue weighted by molar-refractivity contribution is 5.89. The van der Waals surface area contributed by atoms with E-state index in [2.05, 4.69) is 10.6 Å². The molecule has 3 amide bonds. The van der Waals surface area contributed by atoms with E-state index in [1.54, 1.807) is 4.90 Å². The maximum atomic E-state index is 12.1. The van der Waals surface area contributed by atoms with Crippen LogP contribution in [0.25, 0.3) is 0 Å². The highest BCUT2D eigenvalue weighted by Crippen LogP contribution is 2.25. The first-order chi connectivity index (χ1) is 10.4. The lowest BCUT2D eigenvalue weighted by Gasteiger charge is -2.31. The molecule has 0 aromatic rings. The SMILES string of the molecule is CC(C)(C)CC(=O)NCCNC(=O)C1CC(=O)N(C(C)(C)C)C1. The minimum atomic E-state index is -0.299. The third kappa shape index (κ3) is 6.59. The van der Waals surface area contributed by atoms with E-state index >= 15 is 0 Å². The lowest BCUT2D eigenvalue weighted by atomic mass is 9.92. The van der Waals surface area contributed by atoms with Gasteiger partial charge in [-0.2, -0.15) is 0 Å². The van der Waals surface area contributed by atoms with Gasteiger partial charge in [0.15, 0.2) is 0 Å². The maximum Gasteiger partial charge on any atom is 0.225 e. The van der Waals surface area contributed by atoms with E-state index in [1.165, 1.54) is 0 Å². The number of hydrogen-bond acceptors (Lipinski definition) is 3. The van der Waals surface area contributed by atoms with E-state index in [4.69, 9.17) is 0 Å². The van der Waals surface area contributed by atoms with Gasteiger partial charge in [-0.1, -0.05) is 20.8 Å². The van der Waals surface area contributed by atoms with Crippen LogP contribution in [0.2, 0.25) is 0 Å². The van der Waals surface area contributed by atoms with Crippen LogP contribution < -0.4 is 10.6 Å². The molecule has 0 aliphatic carbocycles. The van der Waals surface area contributed by atoms with Crippen molar-refractivity contribution >= 4 is 17.7 Å². The number of carbonyl (C=O) groups excluding carboxylic acids is 3. The van der Waals surface area contributed by atoms with Gasteiger partial charge in [0.1, 0.15) is 0 Å². The molecule has 0 saturated carbocycles. The molecule has 0 aromatic heterocycles. The lowest BCUT2D eigenvalue weighted by Crippen LogP contribution is -2.43. The van der Waals surface area contributed by atoms with Crippen molar-refractivity contribution in [3.8, 4) is 0 Å². The second kappa shape index (κ2) is 7.32. The topological polar surface area (TPSA) is 78.5 Å². The molecule has 132 valence electrons. The Morgan fingerprint density at radius 1 is 1.09 bits per heavy atom. The molecule has 1 saturated heterocycles. The van der Waals surface area contributed by atoms with E-state index in [9.17, 15) is 14.4 Å². The zero-order chi connectivity index (χ0) is 17.8. The van der Waals surface area contributed by atoms with Crippen molar-refractivity contribution < 1.29 is 14.4 Å². The molecular formula is C17H31N3O3. The Labute approximate surface area is 139 Å². The Morgan fingerprint density at radius 2 is 1.65 bits per heavy atom. The average molecular weight is 325 g/mol. The second-order valence-electron chi connectivity index (χ2n) is 8.45. The lowest BCUT2D eigenvalue weighted by molar-refractivity contribution is -0.132. The van der Waals surface area contributed by atoms with Crippen LogP contribution in [-0.4, -0.2) is 47.8 Å². The number of nitrogens with zero attached hydrogens (tertiary/aromatic N) is 1. The normalized spacial score (nSPS) is 19.0. The Bertz CT molecular complexity index is 461. The number of hydrogen-bond donors (Lipinski definition) is 2. The molecule has 1 heterocycles. The van der Waals surface area contributed by atoms with Crippen LogP contribution in [0.3, 0.4) is 0 Å². The number of nitrogens with one attached hydrogen (secondary N) is 2. The second-order valence-corrected chi connectivity index (χ2v) is 8.45. The average Bonchev–Trinajstić information content (AvgIpc) is 2.74. The summed E-state index contributed by atoms with van der Waals surface area (Å²) in [6.45, 7) is 13.2. The van der Waals surface area contributed by atoms with E-state index in [0.717, 1.165) is 0 Å². The Balaban J connectivity index is 2.31. The van der Waals surface area contributed by atoms with Crippen LogP contribution in [0.5, 0.6) is 0 Å². The molecule has 1 rings (SSSR count). The van der Waals surface area contributed by atoms with Gasteiger partial charge in [0.2, 0.25) is 17.7 Å². The Kier molecular flexibility index (Phi) is 6.19. The standard InChI is InChI=1S/C17H31N3O3/c1-16(2,3)10-13(21)18-7-8-19-15(23)12-9-14(22)20(11-12)17(4,5)6/h12H,7-11H2,1-6H3,(H,18,21)(H,19,23). The van der Waals surface area contributed by atoms with Crippen LogP contribution in [0.15, 0.2) is 0 Å². The third-order valence-electron chi connectivity index (χ3n) is 3.74. The summed E-state index contributed by atoms with van der Waals surface area (Å²) in [5.41, 5.74) is -0.305. The van der Waals surface area contributed by atoms with Gasteiger partial charge in [0.05, 0.1) is 5.92 Å². The molecule has 1 atom stereocenters. The molecule has 2 N–H and O–H groups in total. The van der Waals surface area contributed by atoms with Gasteiger partial charge in [-0.05, 0) is 26.2 Å². The van der Waals surface area contributed by atoms with E-state index in [1.807, 2.05) is 41.5 Å². The monoisotopic (exact) mass is 325 g/mol. The first-order valence-electron chi connectivity index (χ1n) is 8.25. The fourth-order valence-corrected chi connectivity index (χ4v) is 2.61. The highest BCUT2D eigenvalue weighted by atomic mass is 16.2. The Hall–Kier alpha value is -1.59. The molecule has 0 spiro atoms. The molecule has 1 unspecified atom stereocenters. The van der Waals surface area contributed by atoms with E-state index in [-0.39, 0.29) is 41.0 Å². The van der Waals surface area contributed by atoms with Crippen molar-refractivity contribution in [1.82, 2.24) is 15.5 Å². The molecule has 1 fully saturated rings. The van der Waals surface area contributed by atoms with Crippen molar-refractivity contribution in [3.63, 3.8) is 0 Å². The zero-order valence-electron chi connectivity index (χ0n) is 15.3. The molecule has 0 radical (unpaired) electrons. The molecule has 1 aliphatic rings. The van der Waals surface area contributed by atoms with Crippen molar-refractivity contribution in [2.75, 3.05) is 19.6 Å². The maximum absolute atomic E-state index is 12.1. The quantitative estimate of drug-likeness (QED) is 0.748. The molecule has 6 nitrogen and oxygen atoms in total. The zero-order valence-corrected chi connectivity index (χ0v) is 15.3. The number of likely N-dealkylation sites (tertiary alicyclic amines) is 1. The molecule has 23 heavy (non-hydrogen) atoms. The molecule has 0 aromatic carbocycles. The summed E-state index contributed by atoms with van der Waals surface area (Å²) in [6.07, 6.45) is 0.720. The van der Waals surface area contributed by atoms with Gasteiger partial charge in [0, 0.05) is 38.0 Å². The van der Waals surface area contributed by atoms with Crippen molar-refractivity contribution in [3.05, 3.63) is 0 Å². The van der Waals surface area contributed by atoms with Gasteiger partial charge < -0.3 is 15.5 Å². The highest BCUT2D eigenvalue weighted by Gasteiger charge is 2.39. The smallest absolute Gasteiger partial charge is 0.225 e. The molecule has 6 heteroatoms. The summed E-state index contributed by atoms with van der Waals surface area (Å²) in [7, 11) is 0. The fourth-order valence-electron chi connectivity index (χ4n) is 2.61. The number of rotatable bonds is 5. The fraction of sp³-hybridized carbons (Fsp3) is 0.824. The first kappa shape index (κ1) is 19.5. The summed E-state index contributed by atoms with van der Waals surface area (Å²) >= 11 is 0. The summed E-state index contributed by atoms with van der Waals surface area (Å²) in [5, 5.41) is 5.60.